The number of halogens is 1. The van der Waals surface area contributed by atoms with Crippen molar-refractivity contribution in [1.29, 1.82) is 0 Å². The second-order valence-corrected chi connectivity index (χ2v) is 6.20. The lowest BCUT2D eigenvalue weighted by Crippen LogP contribution is -2.22. The monoisotopic (exact) mass is 366 g/mol. The Labute approximate surface area is 157 Å². The zero-order chi connectivity index (χ0) is 18.4. The highest BCUT2D eigenvalue weighted by molar-refractivity contribution is 6.33. The average Bonchev–Trinajstić information content (AvgIpc) is 2.64. The van der Waals surface area contributed by atoms with Gasteiger partial charge in [-0.2, -0.15) is 0 Å². The topological polar surface area (TPSA) is 50.4 Å². The maximum Gasteiger partial charge on any atom is 0.243 e. The number of nitrogens with one attached hydrogen (secondary N) is 2. The molecule has 0 unspecified atom stereocenters. The lowest BCUT2D eigenvalue weighted by atomic mass is 10.2. The molecule has 132 valence electrons. The molecule has 2 N–H and O–H groups in total. The third-order valence-electron chi connectivity index (χ3n) is 3.70. The zero-order valence-electron chi connectivity index (χ0n) is 14.3. The molecule has 5 heteroatoms. The van der Waals surface area contributed by atoms with Gasteiger partial charge in [-0.25, -0.2) is 0 Å². The molecule has 0 aliphatic heterocycles. The number of hydrogen-bond acceptors (Lipinski definition) is 3. The number of carbonyl (C=O) groups excluding carboxylic acids is 1. The summed E-state index contributed by atoms with van der Waals surface area (Å²) in [5, 5.41) is 6.43. The first-order valence-corrected chi connectivity index (χ1v) is 8.61. The molecule has 0 fully saturated rings. The molecular formula is C21H19ClN2O2. The van der Waals surface area contributed by atoms with Gasteiger partial charge in [-0.3, -0.25) is 4.79 Å². The van der Waals surface area contributed by atoms with Gasteiger partial charge in [0.15, 0.2) is 5.75 Å². The van der Waals surface area contributed by atoms with Crippen molar-refractivity contribution in [3.8, 4) is 11.5 Å². The molecule has 0 heterocycles. The van der Waals surface area contributed by atoms with Crippen LogP contribution in [0.4, 0.5) is 11.4 Å². The van der Waals surface area contributed by atoms with E-state index < -0.39 is 0 Å². The summed E-state index contributed by atoms with van der Waals surface area (Å²) in [6.07, 6.45) is 0. The zero-order valence-corrected chi connectivity index (χ0v) is 15.1. The maximum absolute atomic E-state index is 12.2. The molecule has 0 saturated heterocycles. The van der Waals surface area contributed by atoms with Crippen molar-refractivity contribution in [3.63, 3.8) is 0 Å². The molecule has 3 aromatic carbocycles. The Bertz CT molecular complexity index is 898. The number of aryl methyl sites for hydroxylation is 1. The Morgan fingerprint density at radius 3 is 2.46 bits per heavy atom. The summed E-state index contributed by atoms with van der Waals surface area (Å²) in [5.74, 6) is 1.20. The summed E-state index contributed by atoms with van der Waals surface area (Å²) in [6.45, 7) is 2.04. The van der Waals surface area contributed by atoms with Gasteiger partial charge in [-0.1, -0.05) is 48.0 Å². The quantitative estimate of drug-likeness (QED) is 0.606. The van der Waals surface area contributed by atoms with Crippen LogP contribution in [-0.4, -0.2) is 12.5 Å². The van der Waals surface area contributed by atoms with Crippen LogP contribution in [0.1, 0.15) is 5.56 Å². The molecule has 4 nitrogen and oxygen atoms in total. The second kappa shape index (κ2) is 8.41. The van der Waals surface area contributed by atoms with E-state index in [0.717, 1.165) is 17.0 Å². The molecular weight excluding hydrogens is 348 g/mol. The van der Waals surface area contributed by atoms with E-state index in [2.05, 4.69) is 10.6 Å². The maximum atomic E-state index is 12.2. The molecule has 26 heavy (non-hydrogen) atoms. The van der Waals surface area contributed by atoms with Crippen molar-refractivity contribution in [2.75, 3.05) is 17.2 Å². The number of para-hydroxylation sites is 3. The van der Waals surface area contributed by atoms with Crippen LogP contribution in [0.15, 0.2) is 72.8 Å². The van der Waals surface area contributed by atoms with Crippen molar-refractivity contribution in [3.05, 3.63) is 83.4 Å². The molecule has 3 aromatic rings. The molecule has 0 aromatic heterocycles. The third kappa shape index (κ3) is 4.77. The number of ether oxygens (including phenoxy) is 1. The van der Waals surface area contributed by atoms with E-state index in [-0.39, 0.29) is 12.5 Å². The van der Waals surface area contributed by atoms with E-state index in [1.165, 1.54) is 0 Å². The second-order valence-electron chi connectivity index (χ2n) is 5.80. The van der Waals surface area contributed by atoms with Crippen LogP contribution >= 0.6 is 11.6 Å². The van der Waals surface area contributed by atoms with Gasteiger partial charge in [-0.05, 0) is 48.9 Å². The number of benzene rings is 3. The first kappa shape index (κ1) is 17.8. The van der Waals surface area contributed by atoms with Gasteiger partial charge in [0.05, 0.1) is 22.9 Å². The van der Waals surface area contributed by atoms with Crippen LogP contribution < -0.4 is 15.4 Å². The van der Waals surface area contributed by atoms with Gasteiger partial charge in [0, 0.05) is 0 Å². The summed E-state index contributed by atoms with van der Waals surface area (Å²) < 4.78 is 5.88. The van der Waals surface area contributed by atoms with Crippen molar-refractivity contribution >= 4 is 28.9 Å². The number of rotatable bonds is 6. The van der Waals surface area contributed by atoms with E-state index in [1.807, 2.05) is 73.7 Å². The standard InChI is InChI=1S/C21H19ClN2O2/c1-15-11-12-18(17(22)13-15)24-21(25)14-23-19-9-5-6-10-20(19)26-16-7-3-2-4-8-16/h2-13,23H,14H2,1H3,(H,24,25). The van der Waals surface area contributed by atoms with Gasteiger partial charge in [0.25, 0.3) is 0 Å². The SMILES string of the molecule is Cc1ccc(NC(=O)CNc2ccccc2Oc2ccccc2)c(Cl)c1. The Hall–Kier alpha value is -2.98. The minimum absolute atomic E-state index is 0.0966. The minimum Gasteiger partial charge on any atom is -0.455 e. The highest BCUT2D eigenvalue weighted by atomic mass is 35.5. The van der Waals surface area contributed by atoms with E-state index in [1.54, 1.807) is 6.07 Å². The van der Waals surface area contributed by atoms with Crippen molar-refractivity contribution < 1.29 is 9.53 Å². The normalized spacial score (nSPS) is 10.2. The predicted molar refractivity (Wildman–Crippen MR) is 106 cm³/mol. The Morgan fingerprint density at radius 2 is 1.69 bits per heavy atom. The van der Waals surface area contributed by atoms with Crippen molar-refractivity contribution in [2.45, 2.75) is 6.92 Å². The molecule has 1 amide bonds. The smallest absolute Gasteiger partial charge is 0.243 e. The number of hydrogen-bond donors (Lipinski definition) is 2. The van der Waals surface area contributed by atoms with Crippen LogP contribution in [0.3, 0.4) is 0 Å². The van der Waals surface area contributed by atoms with Gasteiger partial charge in [-0.15, -0.1) is 0 Å². The third-order valence-corrected chi connectivity index (χ3v) is 4.01. The van der Waals surface area contributed by atoms with Gasteiger partial charge < -0.3 is 15.4 Å². The molecule has 0 spiro atoms. The fourth-order valence-electron chi connectivity index (χ4n) is 2.41. The summed E-state index contributed by atoms with van der Waals surface area (Å²) in [4.78, 5) is 12.2. The number of carbonyl (C=O) groups is 1. The molecule has 3 rings (SSSR count). The summed E-state index contributed by atoms with van der Waals surface area (Å²) in [6, 6.07) is 22.5. The van der Waals surface area contributed by atoms with Crippen molar-refractivity contribution in [1.82, 2.24) is 0 Å². The molecule has 0 aliphatic carbocycles. The predicted octanol–water partition coefficient (Wildman–Crippen LogP) is 5.49. The molecule has 0 bridgehead atoms. The minimum atomic E-state index is -0.190. The fourth-order valence-corrected chi connectivity index (χ4v) is 2.69. The summed E-state index contributed by atoms with van der Waals surface area (Å²) in [7, 11) is 0. The Kier molecular flexibility index (Phi) is 5.77. The lowest BCUT2D eigenvalue weighted by Gasteiger charge is -2.13. The first-order chi connectivity index (χ1) is 12.6. The summed E-state index contributed by atoms with van der Waals surface area (Å²) in [5.41, 5.74) is 2.37. The van der Waals surface area contributed by atoms with E-state index in [4.69, 9.17) is 16.3 Å². The molecule has 0 radical (unpaired) electrons. The molecule has 0 aliphatic rings. The number of amides is 1. The lowest BCUT2D eigenvalue weighted by molar-refractivity contribution is -0.114. The highest BCUT2D eigenvalue weighted by Crippen LogP contribution is 2.29. The first-order valence-electron chi connectivity index (χ1n) is 8.23. The van der Waals surface area contributed by atoms with E-state index in [9.17, 15) is 4.79 Å². The van der Waals surface area contributed by atoms with Crippen LogP contribution in [-0.2, 0) is 4.79 Å². The van der Waals surface area contributed by atoms with E-state index in [0.29, 0.717) is 16.5 Å². The largest absolute Gasteiger partial charge is 0.455 e. The van der Waals surface area contributed by atoms with Crippen molar-refractivity contribution in [2.24, 2.45) is 0 Å². The summed E-state index contributed by atoms with van der Waals surface area (Å²) >= 11 is 6.15. The van der Waals surface area contributed by atoms with Crippen LogP contribution in [0.5, 0.6) is 11.5 Å². The van der Waals surface area contributed by atoms with Crippen LogP contribution in [0.25, 0.3) is 0 Å². The van der Waals surface area contributed by atoms with Gasteiger partial charge >= 0.3 is 0 Å². The van der Waals surface area contributed by atoms with Crippen LogP contribution in [0.2, 0.25) is 5.02 Å². The van der Waals surface area contributed by atoms with E-state index >= 15 is 0 Å². The molecule has 0 atom stereocenters. The van der Waals surface area contributed by atoms with Gasteiger partial charge in [0.2, 0.25) is 5.91 Å². The molecule has 0 saturated carbocycles. The number of anilines is 2. The van der Waals surface area contributed by atoms with Gasteiger partial charge in [0.1, 0.15) is 5.75 Å². The fraction of sp³-hybridized carbons (Fsp3) is 0.0952. The van der Waals surface area contributed by atoms with Crippen LogP contribution in [0, 0.1) is 6.92 Å². The highest BCUT2D eigenvalue weighted by Gasteiger charge is 2.08. The Balaban J connectivity index is 1.63. The Morgan fingerprint density at radius 1 is 0.962 bits per heavy atom. The average molecular weight is 367 g/mol.